The lowest BCUT2D eigenvalue weighted by Gasteiger charge is -2.21. The maximum absolute atomic E-state index is 9.25. The lowest BCUT2D eigenvalue weighted by Crippen LogP contribution is -2.36. The third kappa shape index (κ3) is 4.00. The zero-order valence-electron chi connectivity index (χ0n) is 11.6. The maximum atomic E-state index is 9.25. The molecule has 1 heterocycles. The number of ether oxygens (including phenoxy) is 1. The number of aliphatic hydroxyl groups is 1. The van der Waals surface area contributed by atoms with Gasteiger partial charge in [0.15, 0.2) is 15.7 Å². The van der Waals surface area contributed by atoms with E-state index in [-0.39, 0.29) is 5.88 Å². The van der Waals surface area contributed by atoms with Crippen molar-refractivity contribution in [3.05, 3.63) is 36.0 Å². The summed E-state index contributed by atoms with van der Waals surface area (Å²) in [5.41, 5.74) is -1.05. The van der Waals surface area contributed by atoms with Crippen molar-refractivity contribution in [2.45, 2.75) is 32.8 Å². The molecular formula is C14H17B2NO2. The van der Waals surface area contributed by atoms with Crippen molar-refractivity contribution >= 4 is 26.5 Å². The van der Waals surface area contributed by atoms with Crippen LogP contribution in [0.1, 0.15) is 26.3 Å². The van der Waals surface area contributed by atoms with Crippen LogP contribution in [-0.2, 0) is 6.42 Å². The van der Waals surface area contributed by atoms with Crippen LogP contribution in [0, 0.1) is 0 Å². The van der Waals surface area contributed by atoms with Gasteiger partial charge >= 0.3 is 0 Å². The number of rotatable bonds is 3. The molecule has 19 heavy (non-hydrogen) atoms. The number of aryl methyl sites for hydroxylation is 1. The van der Waals surface area contributed by atoms with Gasteiger partial charge in [-0.2, -0.15) is 0 Å². The summed E-state index contributed by atoms with van der Waals surface area (Å²) in [6.45, 7) is 6.07. The quantitative estimate of drug-likeness (QED) is 0.673. The SMILES string of the molecule is CC.[B]C([B])(O)Oc1nccc2c(CC)cccc12. The Kier molecular flexibility index (Phi) is 5.43. The largest absolute Gasteiger partial charge is 0.465 e. The van der Waals surface area contributed by atoms with Gasteiger partial charge in [-0.1, -0.05) is 32.9 Å². The molecule has 0 bridgehead atoms. The minimum absolute atomic E-state index is 0.227. The van der Waals surface area contributed by atoms with Gasteiger partial charge in [-0.15, -0.1) is 0 Å². The van der Waals surface area contributed by atoms with Crippen molar-refractivity contribution < 1.29 is 9.84 Å². The Bertz CT molecular complexity index is 538. The molecule has 3 nitrogen and oxygen atoms in total. The molecule has 0 saturated heterocycles. The molecule has 1 N–H and O–H groups in total. The van der Waals surface area contributed by atoms with Gasteiger partial charge in [0.25, 0.3) is 0 Å². The van der Waals surface area contributed by atoms with Crippen molar-refractivity contribution in [1.82, 2.24) is 4.98 Å². The molecule has 0 unspecified atom stereocenters. The molecule has 0 atom stereocenters. The van der Waals surface area contributed by atoms with Gasteiger partial charge in [-0.05, 0) is 29.5 Å². The smallest absolute Gasteiger partial charge is 0.222 e. The number of aromatic nitrogens is 1. The Labute approximate surface area is 116 Å². The van der Waals surface area contributed by atoms with Crippen LogP contribution in [0.5, 0.6) is 5.88 Å². The molecule has 1 aromatic heterocycles. The molecule has 4 radical (unpaired) electrons. The van der Waals surface area contributed by atoms with E-state index in [4.69, 9.17) is 20.4 Å². The third-order valence-electron chi connectivity index (χ3n) is 2.50. The number of pyridine rings is 1. The van der Waals surface area contributed by atoms with Crippen molar-refractivity contribution in [2.24, 2.45) is 0 Å². The maximum Gasteiger partial charge on any atom is 0.222 e. The summed E-state index contributed by atoms with van der Waals surface area (Å²) in [7, 11) is 10.4. The molecule has 0 aliphatic carbocycles. The molecular weight excluding hydrogens is 236 g/mol. The van der Waals surface area contributed by atoms with Gasteiger partial charge in [0.05, 0.1) is 0 Å². The van der Waals surface area contributed by atoms with E-state index < -0.39 is 5.59 Å². The average Bonchev–Trinajstić information content (AvgIpc) is 2.39. The van der Waals surface area contributed by atoms with E-state index in [0.717, 1.165) is 17.2 Å². The molecule has 2 rings (SSSR count). The van der Waals surface area contributed by atoms with Crippen molar-refractivity contribution in [1.29, 1.82) is 0 Å². The fraction of sp³-hybridized carbons (Fsp3) is 0.357. The lowest BCUT2D eigenvalue weighted by molar-refractivity contribution is 0.0105. The standard InChI is InChI=1S/C12H11B2NO2.C2H6/c1-2-8-4-3-5-10-9(8)6-7-15-11(10)17-12(13,14)16;1-2/h3-7,16H,2H2,1H3;1-2H3. The van der Waals surface area contributed by atoms with Gasteiger partial charge in [0.1, 0.15) is 5.59 Å². The van der Waals surface area contributed by atoms with Crippen LogP contribution < -0.4 is 4.74 Å². The van der Waals surface area contributed by atoms with Gasteiger partial charge in [0, 0.05) is 11.6 Å². The molecule has 5 heteroatoms. The van der Waals surface area contributed by atoms with E-state index in [0.29, 0.717) is 0 Å². The summed E-state index contributed by atoms with van der Waals surface area (Å²) < 4.78 is 5.01. The molecule has 0 spiro atoms. The first-order valence-electron chi connectivity index (χ1n) is 6.37. The Morgan fingerprint density at radius 2 is 1.89 bits per heavy atom. The Morgan fingerprint density at radius 3 is 2.47 bits per heavy atom. The molecule has 1 aromatic carbocycles. The highest BCUT2D eigenvalue weighted by Crippen LogP contribution is 2.27. The normalized spacial score (nSPS) is 10.7. The second kappa shape index (κ2) is 6.62. The zero-order chi connectivity index (χ0) is 14.5. The minimum atomic E-state index is -2.22. The number of hydrogen-bond acceptors (Lipinski definition) is 3. The van der Waals surface area contributed by atoms with E-state index in [2.05, 4.69) is 11.9 Å². The predicted octanol–water partition coefficient (Wildman–Crippen LogP) is 2.14. The van der Waals surface area contributed by atoms with Crippen LogP contribution >= 0.6 is 0 Å². The van der Waals surface area contributed by atoms with Crippen molar-refractivity contribution in [2.75, 3.05) is 0 Å². The first-order chi connectivity index (χ1) is 9.01. The number of nitrogens with zero attached hydrogens (tertiary/aromatic N) is 1. The Hall–Kier alpha value is -1.48. The number of fused-ring (bicyclic) bond motifs is 1. The summed E-state index contributed by atoms with van der Waals surface area (Å²) >= 11 is 0. The topological polar surface area (TPSA) is 42.4 Å². The van der Waals surface area contributed by atoms with Crippen LogP contribution in [0.25, 0.3) is 10.8 Å². The second-order valence-corrected chi connectivity index (χ2v) is 3.84. The zero-order valence-corrected chi connectivity index (χ0v) is 11.6. The van der Waals surface area contributed by atoms with Gasteiger partial charge in [-0.25, -0.2) is 4.98 Å². The van der Waals surface area contributed by atoms with Gasteiger partial charge < -0.3 is 9.84 Å². The van der Waals surface area contributed by atoms with E-state index >= 15 is 0 Å². The summed E-state index contributed by atoms with van der Waals surface area (Å²) in [5, 5.41) is 11.0. The first kappa shape index (κ1) is 15.6. The summed E-state index contributed by atoms with van der Waals surface area (Å²) in [6.07, 6.45) is 2.50. The van der Waals surface area contributed by atoms with Crippen LogP contribution in [0.2, 0.25) is 0 Å². The number of hydrogen-bond donors (Lipinski definition) is 1. The summed E-state index contributed by atoms with van der Waals surface area (Å²) in [5.74, 6) is 0.227. The molecule has 96 valence electrons. The highest BCUT2D eigenvalue weighted by atomic mass is 16.6. The van der Waals surface area contributed by atoms with Gasteiger partial charge in [0.2, 0.25) is 5.88 Å². The molecule has 0 aliphatic rings. The molecule has 2 aromatic rings. The van der Waals surface area contributed by atoms with Crippen molar-refractivity contribution in [3.8, 4) is 5.88 Å². The van der Waals surface area contributed by atoms with Crippen LogP contribution in [-0.4, -0.2) is 31.4 Å². The Morgan fingerprint density at radius 1 is 1.21 bits per heavy atom. The average molecular weight is 253 g/mol. The highest BCUT2D eigenvalue weighted by Gasteiger charge is 2.16. The van der Waals surface area contributed by atoms with Crippen LogP contribution in [0.3, 0.4) is 0 Å². The highest BCUT2D eigenvalue weighted by molar-refractivity contribution is 6.37. The second-order valence-electron chi connectivity index (χ2n) is 3.84. The molecule has 0 fully saturated rings. The van der Waals surface area contributed by atoms with E-state index in [1.165, 1.54) is 5.56 Å². The van der Waals surface area contributed by atoms with Crippen LogP contribution in [0.15, 0.2) is 30.5 Å². The third-order valence-corrected chi connectivity index (χ3v) is 2.50. The fourth-order valence-electron chi connectivity index (χ4n) is 1.79. The fourth-order valence-corrected chi connectivity index (χ4v) is 1.79. The molecule has 0 aliphatic heterocycles. The Balaban J connectivity index is 0.000000861. The van der Waals surface area contributed by atoms with Crippen molar-refractivity contribution in [3.63, 3.8) is 0 Å². The summed E-state index contributed by atoms with van der Waals surface area (Å²) in [4.78, 5) is 4.03. The predicted molar refractivity (Wildman–Crippen MR) is 79.6 cm³/mol. The minimum Gasteiger partial charge on any atom is -0.465 e. The summed E-state index contributed by atoms with van der Waals surface area (Å²) in [6, 6.07) is 7.68. The monoisotopic (exact) mass is 253 g/mol. The first-order valence-corrected chi connectivity index (χ1v) is 6.37. The molecule has 0 saturated carbocycles. The van der Waals surface area contributed by atoms with Gasteiger partial charge in [-0.3, -0.25) is 0 Å². The van der Waals surface area contributed by atoms with E-state index in [9.17, 15) is 5.11 Å². The van der Waals surface area contributed by atoms with E-state index in [1.54, 1.807) is 6.20 Å². The lowest BCUT2D eigenvalue weighted by atomic mass is 9.76. The molecule has 0 amide bonds. The van der Waals surface area contributed by atoms with Crippen LogP contribution in [0.4, 0.5) is 0 Å². The number of benzene rings is 1. The van der Waals surface area contributed by atoms with E-state index in [1.807, 2.05) is 38.1 Å².